The van der Waals surface area contributed by atoms with Crippen LogP contribution in [-0.4, -0.2) is 36.0 Å². The number of carbonyl (C=O) groups is 1. The van der Waals surface area contributed by atoms with Gasteiger partial charge in [0.2, 0.25) is 5.91 Å². The summed E-state index contributed by atoms with van der Waals surface area (Å²) in [5, 5.41) is 11.2. The minimum atomic E-state index is -0.0995. The van der Waals surface area contributed by atoms with Crippen LogP contribution in [0.4, 0.5) is 5.69 Å². The van der Waals surface area contributed by atoms with E-state index in [2.05, 4.69) is 30.5 Å². The van der Waals surface area contributed by atoms with Crippen molar-refractivity contribution < 1.29 is 9.21 Å². The Morgan fingerprint density at radius 1 is 1.05 bits per heavy atom. The second kappa shape index (κ2) is 8.70. The number of hydrogen-bond acceptors (Lipinski definition) is 6. The third-order valence-electron chi connectivity index (χ3n) is 6.04. The molecule has 0 saturated heterocycles. The van der Waals surface area contributed by atoms with Crippen LogP contribution in [0.1, 0.15) is 27.2 Å². The van der Waals surface area contributed by atoms with Gasteiger partial charge in [-0.1, -0.05) is 32.9 Å². The van der Waals surface area contributed by atoms with Crippen LogP contribution in [0.25, 0.3) is 55.8 Å². The first kappa shape index (κ1) is 22.7. The molecule has 9 nitrogen and oxygen atoms in total. The Balaban J connectivity index is 1.36. The number of nitrogens with zero attached hydrogens (tertiary/aromatic N) is 4. The minimum Gasteiger partial charge on any atom is -0.472 e. The van der Waals surface area contributed by atoms with Crippen LogP contribution in [0, 0.1) is 5.41 Å². The number of anilines is 1. The molecule has 3 N–H and O–H groups in total. The smallest absolute Gasteiger partial charge is 0.224 e. The summed E-state index contributed by atoms with van der Waals surface area (Å²) >= 11 is 0. The van der Waals surface area contributed by atoms with Gasteiger partial charge in [0.25, 0.3) is 0 Å². The predicted octanol–water partition coefficient (Wildman–Crippen LogP) is 6.20. The molecule has 6 rings (SSSR count). The summed E-state index contributed by atoms with van der Waals surface area (Å²) in [6.45, 7) is 6.10. The maximum absolute atomic E-state index is 12.4. The highest BCUT2D eigenvalue weighted by molar-refractivity contribution is 5.97. The molecule has 0 radical (unpaired) electrons. The fourth-order valence-corrected chi connectivity index (χ4v) is 4.39. The molecule has 9 heteroatoms. The van der Waals surface area contributed by atoms with Gasteiger partial charge < -0.3 is 14.7 Å². The molecular formula is C28H25N7O2. The van der Waals surface area contributed by atoms with Crippen molar-refractivity contribution in [2.24, 2.45) is 5.41 Å². The van der Waals surface area contributed by atoms with Crippen LogP contribution in [0.5, 0.6) is 0 Å². The van der Waals surface area contributed by atoms with E-state index >= 15 is 0 Å². The SMILES string of the molecule is CC(C)(C)CC(=O)Nc1cncc(-c2cnc3n[nH]c(-c4nc5c(-c6ccoc6)cccc5[nH]4)c3c2)c1. The van der Waals surface area contributed by atoms with Crippen LogP contribution in [-0.2, 0) is 4.79 Å². The van der Waals surface area contributed by atoms with Crippen molar-refractivity contribution in [3.05, 3.63) is 67.5 Å². The lowest BCUT2D eigenvalue weighted by Gasteiger charge is -2.17. The van der Waals surface area contributed by atoms with E-state index in [1.54, 1.807) is 31.1 Å². The largest absolute Gasteiger partial charge is 0.472 e. The number of amides is 1. The van der Waals surface area contributed by atoms with E-state index in [0.29, 0.717) is 23.6 Å². The van der Waals surface area contributed by atoms with Crippen LogP contribution in [0.2, 0.25) is 0 Å². The standard InChI is InChI=1S/C28H25N7O2/c1-28(2,3)11-23(36)31-19-9-17(12-29-14-19)18-10-21-25(34-35-26(21)30-13-18)27-32-22-6-4-5-20(24(22)33-27)16-7-8-37-15-16/h4-10,12-15H,11H2,1-3H3,(H,31,36)(H,32,33)(H,30,34,35). The molecule has 6 aromatic rings. The van der Waals surface area contributed by atoms with Gasteiger partial charge in [-0.2, -0.15) is 5.10 Å². The molecule has 37 heavy (non-hydrogen) atoms. The zero-order chi connectivity index (χ0) is 25.6. The lowest BCUT2D eigenvalue weighted by Crippen LogP contribution is -2.19. The number of furan rings is 1. The van der Waals surface area contributed by atoms with E-state index in [1.807, 2.05) is 57.2 Å². The van der Waals surface area contributed by atoms with Crippen molar-refractivity contribution >= 4 is 33.7 Å². The number of aromatic nitrogens is 6. The van der Waals surface area contributed by atoms with E-state index < -0.39 is 0 Å². The van der Waals surface area contributed by atoms with Crippen molar-refractivity contribution in [3.8, 4) is 33.8 Å². The van der Waals surface area contributed by atoms with Crippen molar-refractivity contribution in [1.82, 2.24) is 30.1 Å². The third kappa shape index (κ3) is 4.47. The number of carbonyl (C=O) groups excluding carboxylic acids is 1. The minimum absolute atomic E-state index is 0.0446. The van der Waals surface area contributed by atoms with Crippen molar-refractivity contribution in [3.63, 3.8) is 0 Å². The molecule has 0 aliphatic rings. The topological polar surface area (TPSA) is 125 Å². The average Bonchev–Trinajstić information content (AvgIpc) is 3.61. The Morgan fingerprint density at radius 2 is 1.92 bits per heavy atom. The number of benzene rings is 1. The van der Waals surface area contributed by atoms with Gasteiger partial charge in [0.05, 0.1) is 40.8 Å². The number of hydrogen-bond donors (Lipinski definition) is 3. The summed E-state index contributed by atoms with van der Waals surface area (Å²) in [5.41, 5.74) is 7.24. The number of rotatable bonds is 5. The first-order chi connectivity index (χ1) is 17.8. The van der Waals surface area contributed by atoms with Gasteiger partial charge in [-0.15, -0.1) is 0 Å². The summed E-state index contributed by atoms with van der Waals surface area (Å²) in [6.07, 6.45) is 8.92. The quantitative estimate of drug-likeness (QED) is 0.264. The van der Waals surface area contributed by atoms with E-state index in [4.69, 9.17) is 9.40 Å². The predicted molar refractivity (Wildman–Crippen MR) is 143 cm³/mol. The highest BCUT2D eigenvalue weighted by atomic mass is 16.3. The van der Waals surface area contributed by atoms with Crippen molar-refractivity contribution in [2.75, 3.05) is 5.32 Å². The first-order valence-electron chi connectivity index (χ1n) is 12.0. The number of fused-ring (bicyclic) bond motifs is 2. The van der Waals surface area contributed by atoms with Gasteiger partial charge in [-0.05, 0) is 29.7 Å². The molecule has 0 aliphatic carbocycles. The molecule has 0 fully saturated rings. The summed E-state index contributed by atoms with van der Waals surface area (Å²) in [6, 6.07) is 11.8. The Kier molecular flexibility index (Phi) is 5.33. The van der Waals surface area contributed by atoms with Crippen LogP contribution < -0.4 is 5.32 Å². The zero-order valence-electron chi connectivity index (χ0n) is 20.7. The zero-order valence-corrected chi connectivity index (χ0v) is 20.7. The van der Waals surface area contributed by atoms with Gasteiger partial charge in [-0.3, -0.25) is 14.9 Å². The molecule has 0 atom stereocenters. The molecule has 5 heterocycles. The molecule has 1 aromatic carbocycles. The summed E-state index contributed by atoms with van der Waals surface area (Å²) < 4.78 is 5.27. The summed E-state index contributed by atoms with van der Waals surface area (Å²) in [5.74, 6) is 0.616. The molecule has 5 aromatic heterocycles. The second-order valence-corrected chi connectivity index (χ2v) is 10.2. The highest BCUT2D eigenvalue weighted by Gasteiger charge is 2.18. The Labute approximate surface area is 212 Å². The van der Waals surface area contributed by atoms with E-state index in [1.165, 1.54) is 0 Å². The Hall–Kier alpha value is -4.79. The number of nitrogens with one attached hydrogen (secondary N) is 3. The van der Waals surface area contributed by atoms with Crippen LogP contribution in [0.3, 0.4) is 0 Å². The van der Waals surface area contributed by atoms with Gasteiger partial charge in [0.15, 0.2) is 11.5 Å². The molecular weight excluding hydrogens is 466 g/mol. The van der Waals surface area contributed by atoms with Crippen LogP contribution in [0.15, 0.2) is 71.9 Å². The van der Waals surface area contributed by atoms with Crippen molar-refractivity contribution in [2.45, 2.75) is 27.2 Å². The maximum Gasteiger partial charge on any atom is 0.224 e. The van der Waals surface area contributed by atoms with Gasteiger partial charge in [0.1, 0.15) is 5.69 Å². The molecule has 0 saturated carbocycles. The molecule has 0 bridgehead atoms. The Bertz CT molecular complexity index is 1740. The normalized spacial score (nSPS) is 11.9. The van der Waals surface area contributed by atoms with E-state index in [-0.39, 0.29) is 11.3 Å². The summed E-state index contributed by atoms with van der Waals surface area (Å²) in [4.78, 5) is 29.6. The van der Waals surface area contributed by atoms with Gasteiger partial charge in [-0.25, -0.2) is 9.97 Å². The molecule has 0 unspecified atom stereocenters. The van der Waals surface area contributed by atoms with Gasteiger partial charge >= 0.3 is 0 Å². The van der Waals surface area contributed by atoms with Crippen molar-refractivity contribution in [1.29, 1.82) is 0 Å². The van der Waals surface area contributed by atoms with E-state index in [9.17, 15) is 4.79 Å². The third-order valence-corrected chi connectivity index (χ3v) is 6.04. The monoisotopic (exact) mass is 491 g/mol. The molecule has 0 spiro atoms. The summed E-state index contributed by atoms with van der Waals surface area (Å²) in [7, 11) is 0. The average molecular weight is 492 g/mol. The molecule has 184 valence electrons. The molecule has 0 aliphatic heterocycles. The first-order valence-corrected chi connectivity index (χ1v) is 12.0. The lowest BCUT2D eigenvalue weighted by atomic mass is 9.92. The van der Waals surface area contributed by atoms with Gasteiger partial charge in [0, 0.05) is 41.1 Å². The maximum atomic E-state index is 12.4. The number of aromatic amines is 2. The number of pyridine rings is 2. The Morgan fingerprint density at radius 3 is 2.73 bits per heavy atom. The number of imidazole rings is 1. The fourth-order valence-electron chi connectivity index (χ4n) is 4.39. The van der Waals surface area contributed by atoms with Crippen LogP contribution >= 0.6 is 0 Å². The number of para-hydroxylation sites is 1. The number of H-pyrrole nitrogens is 2. The lowest BCUT2D eigenvalue weighted by molar-refractivity contribution is -0.117. The van der Waals surface area contributed by atoms with E-state index in [0.717, 1.165) is 44.4 Å². The second-order valence-electron chi connectivity index (χ2n) is 10.2. The highest BCUT2D eigenvalue weighted by Crippen LogP contribution is 2.33. The molecule has 1 amide bonds. The fraction of sp³-hybridized carbons (Fsp3) is 0.179.